The summed E-state index contributed by atoms with van der Waals surface area (Å²) in [6.07, 6.45) is 4.59. The summed E-state index contributed by atoms with van der Waals surface area (Å²) < 4.78 is 78.9. The van der Waals surface area contributed by atoms with Crippen LogP contribution in [0.5, 0.6) is 0 Å². The van der Waals surface area contributed by atoms with Gasteiger partial charge < -0.3 is 50.1 Å². The van der Waals surface area contributed by atoms with E-state index in [0.717, 1.165) is 46.4 Å². The van der Waals surface area contributed by atoms with Crippen molar-refractivity contribution < 1.29 is 94.3 Å². The van der Waals surface area contributed by atoms with Crippen LogP contribution in [0.25, 0.3) is 16.6 Å². The number of imide groups is 1. The molecule has 3 aliphatic heterocycles. The second kappa shape index (κ2) is 36.4. The second-order valence-corrected chi connectivity index (χ2v) is 30.2. The average Bonchev–Trinajstić information content (AvgIpc) is 1.54. The first kappa shape index (κ1) is 81.0. The molecule has 8 rings (SSSR count). The Morgan fingerprint density at radius 2 is 1.38 bits per heavy atom. The van der Waals surface area contributed by atoms with Crippen LogP contribution in [0.4, 0.5) is 14.5 Å². The molecule has 4 heterocycles. The van der Waals surface area contributed by atoms with Crippen molar-refractivity contribution in [2.45, 2.75) is 169 Å². The van der Waals surface area contributed by atoms with Gasteiger partial charge in [0.15, 0.2) is 0 Å². The summed E-state index contributed by atoms with van der Waals surface area (Å²) in [5.41, 5.74) is 5.12. The first-order valence-corrected chi connectivity index (χ1v) is 36.3. The van der Waals surface area contributed by atoms with Gasteiger partial charge in [0.2, 0.25) is 54.9 Å². The number of primary amides is 1. The summed E-state index contributed by atoms with van der Waals surface area (Å²) in [6.45, 7) is 12.5. The molecule has 1 fully saturated rings. The topological polar surface area (TPSA) is 352 Å². The van der Waals surface area contributed by atoms with E-state index in [4.69, 9.17) is 43.2 Å². The Balaban J connectivity index is 0.746. The van der Waals surface area contributed by atoms with Gasteiger partial charge in [0.1, 0.15) is 24.7 Å². The molecule has 0 radical (unpaired) electrons. The van der Waals surface area contributed by atoms with E-state index in [9.17, 15) is 52.8 Å². The molecule has 30 heteroatoms. The minimum absolute atomic E-state index is 0.0696. The van der Waals surface area contributed by atoms with Crippen LogP contribution >= 0.6 is 7.94 Å². The van der Waals surface area contributed by atoms with Crippen LogP contribution in [0.2, 0.25) is 0 Å². The summed E-state index contributed by atoms with van der Waals surface area (Å²) in [4.78, 5) is 142. The number of hydrogen-bond acceptors (Lipinski definition) is 19. The number of nitrogens with one attached hydrogen (secondary N) is 4. The van der Waals surface area contributed by atoms with Gasteiger partial charge in [-0.1, -0.05) is 60.7 Å². The lowest BCUT2D eigenvalue weighted by Gasteiger charge is -2.31. The fourth-order valence-corrected chi connectivity index (χ4v) is 13.3. The number of piperidine rings is 1. The fraction of sp³-hybridized carbons (Fsp3) is 0.514. The highest BCUT2D eigenvalue weighted by Crippen LogP contribution is 2.73. The molecular weight excluding hydrogens is 1370 g/mol. The highest BCUT2D eigenvalue weighted by Gasteiger charge is 2.69. The first-order chi connectivity index (χ1) is 49.3. The number of amides is 7. The number of carbonyl (C=O) groups is 9. The van der Waals surface area contributed by atoms with Gasteiger partial charge in [0, 0.05) is 45.5 Å². The van der Waals surface area contributed by atoms with Crippen molar-refractivity contribution in [2.75, 3.05) is 64.7 Å². The molecule has 1 saturated heterocycles. The summed E-state index contributed by atoms with van der Waals surface area (Å²) in [7, 11) is -3.70. The zero-order valence-electron chi connectivity index (χ0n) is 60.3. The molecule has 0 aliphatic carbocycles. The van der Waals surface area contributed by atoms with Gasteiger partial charge in [-0.3, -0.25) is 62.5 Å². The maximum Gasteiger partial charge on any atom is 0.497 e. The van der Waals surface area contributed by atoms with Crippen molar-refractivity contribution in [3.8, 4) is 0 Å². The molecule has 7 amide bonds. The van der Waals surface area contributed by atoms with Gasteiger partial charge in [-0.05, 0) is 170 Å². The molecule has 3 aliphatic rings. The Kier molecular flexibility index (Phi) is 28.3. The fourth-order valence-electron chi connectivity index (χ4n) is 12.0. The maximum atomic E-state index is 16.3. The SMILES string of the molecule is C/C(=C\C(=O)N[C@H]1CCc2cccc3c2N(C1=O)[C@H](C(=O)N[C@@H](CCC(N)=O)[C@@H](C)OCc1ccc(CCCNC(=O)COCCOCCOCCCc2ccc4c(c2)n(C)c(=O)n4C2CCC(=O)NC2=O)cc1)C3)c1ccc(C(F)(F)[P+](O)(OCOC(=O)C(C)(C)C)OCOC(=O)C(C)(C)C)cc1. The van der Waals surface area contributed by atoms with E-state index in [1.807, 2.05) is 60.7 Å². The van der Waals surface area contributed by atoms with E-state index in [-0.39, 0.29) is 82.5 Å². The zero-order chi connectivity index (χ0) is 75.7. The molecule has 0 spiro atoms. The molecular formula is C74H96F2N8O19P+. The number of hydrogen-bond donors (Lipinski definition) is 6. The summed E-state index contributed by atoms with van der Waals surface area (Å²) >= 11 is 0. The van der Waals surface area contributed by atoms with Crippen molar-refractivity contribution in [2.24, 2.45) is 23.6 Å². The normalized spacial score (nSPS) is 17.0. The number of aromatic nitrogens is 2. The van der Waals surface area contributed by atoms with Gasteiger partial charge in [0.25, 0.3) is 0 Å². The zero-order valence-corrected chi connectivity index (χ0v) is 61.2. The standard InChI is InChI=1S/C74H95F2N8O19P/c1-46(51-22-25-54(26-23-51)74(75,76)104(95,102-44-100-69(92)72(3,4)5)103-45-101-70(93)73(6,7)8)39-63(87)79-56-27-24-52-15-10-16-53-41-60(84(65(52)53)68(56)91)67(90)80-55(28-31-61(77)85)47(2)99-42-50-19-17-48(18-20-50)13-11-33-78-64(88)43-98-38-37-97-36-35-96-34-12-14-49-21-29-57-59(40-49)82(9)71(94)83(57)58-30-32-62(86)81-66(58)89/h10,15-23,25-26,29,39-40,47,55-56,58,60,95H,11-14,24,27-28,30-38,41-45H2,1-9H3,(H5-,77,78,79,80,81,85,86,87,88,89,90)/p+1/b46-39+/t47-,55+,56+,58?,60+/m1/s1. The third kappa shape index (κ3) is 21.5. The minimum atomic E-state index is -5.36. The number of nitrogens with zero attached hydrogens (tertiary/aromatic N) is 3. The van der Waals surface area contributed by atoms with Crippen molar-refractivity contribution in [3.63, 3.8) is 0 Å². The Hall–Kier alpha value is -8.67. The number of fused-ring (bicyclic) bond motifs is 1. The third-order valence-corrected chi connectivity index (χ3v) is 19.9. The number of esters is 2. The summed E-state index contributed by atoms with van der Waals surface area (Å²) in [5, 5.41) is 11.0. The maximum absolute atomic E-state index is 16.3. The third-order valence-electron chi connectivity index (χ3n) is 18.0. The van der Waals surface area contributed by atoms with E-state index in [0.29, 0.717) is 79.9 Å². The Bertz CT molecular complexity index is 3970. The summed E-state index contributed by atoms with van der Waals surface area (Å²) in [5.74, 6) is -5.00. The molecule has 564 valence electrons. The second-order valence-electron chi connectivity index (χ2n) is 28.1. The van der Waals surface area contributed by atoms with Crippen LogP contribution in [-0.4, -0.2) is 151 Å². The lowest BCUT2D eigenvalue weighted by Crippen LogP contribution is -2.56. The number of rotatable bonds is 37. The van der Waals surface area contributed by atoms with Crippen molar-refractivity contribution in [1.82, 2.24) is 30.4 Å². The Labute approximate surface area is 603 Å². The van der Waals surface area contributed by atoms with Crippen molar-refractivity contribution in [3.05, 3.63) is 140 Å². The minimum Gasteiger partial charge on any atom is -0.434 e. The molecule has 1 unspecified atom stereocenters. The first-order valence-electron chi connectivity index (χ1n) is 34.7. The van der Waals surface area contributed by atoms with E-state index >= 15 is 8.78 Å². The smallest absolute Gasteiger partial charge is 0.434 e. The van der Waals surface area contributed by atoms with Gasteiger partial charge in [-0.25, -0.2) is 4.79 Å². The molecule has 27 nitrogen and oxygen atoms in total. The number of carbonyl (C=O) groups excluding carboxylic acids is 9. The molecule has 1 aromatic heterocycles. The van der Waals surface area contributed by atoms with Crippen LogP contribution in [0.15, 0.2) is 95.8 Å². The number of ether oxygens (including phenoxy) is 6. The van der Waals surface area contributed by atoms with Gasteiger partial charge in [-0.15, -0.1) is 9.05 Å². The molecule has 7 N–H and O–H groups in total. The molecule has 5 atom stereocenters. The number of allylic oxidation sites excluding steroid dienone is 1. The van der Waals surface area contributed by atoms with E-state index < -0.39 is 115 Å². The van der Waals surface area contributed by atoms with Crippen LogP contribution in [0, 0.1) is 10.8 Å². The van der Waals surface area contributed by atoms with Crippen LogP contribution in [-0.2, 0) is 126 Å². The number of benzene rings is 4. The van der Waals surface area contributed by atoms with E-state index in [1.165, 1.54) is 73.8 Å². The predicted molar refractivity (Wildman–Crippen MR) is 380 cm³/mol. The Morgan fingerprint density at radius 3 is 2.02 bits per heavy atom. The molecule has 104 heavy (non-hydrogen) atoms. The van der Waals surface area contributed by atoms with Crippen molar-refractivity contribution >= 4 is 83.5 Å². The lowest BCUT2D eigenvalue weighted by atomic mass is 9.98. The molecule has 0 saturated carbocycles. The summed E-state index contributed by atoms with van der Waals surface area (Å²) in [6, 6.07) is 19.9. The molecule has 4 aromatic carbocycles. The number of imidazole rings is 1. The highest BCUT2D eigenvalue weighted by molar-refractivity contribution is 7.61. The molecule has 0 bridgehead atoms. The number of halogens is 2. The lowest BCUT2D eigenvalue weighted by molar-refractivity contribution is -0.165. The quantitative estimate of drug-likeness (QED) is 0.00575. The number of aryl methyl sites for hydroxylation is 4. The van der Waals surface area contributed by atoms with E-state index in [1.54, 1.807) is 20.9 Å². The van der Waals surface area contributed by atoms with Crippen LogP contribution in [0.3, 0.4) is 0 Å². The molecule has 5 aromatic rings. The number of para-hydroxylation sites is 1. The number of alkyl halides is 2. The van der Waals surface area contributed by atoms with Gasteiger partial charge >= 0.3 is 31.2 Å². The van der Waals surface area contributed by atoms with Gasteiger partial charge in [0.05, 0.1) is 78.3 Å². The van der Waals surface area contributed by atoms with E-state index in [2.05, 4.69) is 21.3 Å². The van der Waals surface area contributed by atoms with Gasteiger partial charge in [-0.2, -0.15) is 13.7 Å². The number of nitrogens with two attached hydrogens (primary N) is 1. The monoisotopic (exact) mass is 1470 g/mol. The average molecular weight is 1470 g/mol. The highest BCUT2D eigenvalue weighted by atomic mass is 31.2. The van der Waals surface area contributed by atoms with Crippen LogP contribution in [0.1, 0.15) is 145 Å². The number of anilines is 1. The predicted octanol–water partition coefficient (Wildman–Crippen LogP) is 7.13. The van der Waals surface area contributed by atoms with Crippen molar-refractivity contribution in [1.29, 1.82) is 0 Å². The Morgan fingerprint density at radius 1 is 0.760 bits per heavy atom. The van der Waals surface area contributed by atoms with Crippen LogP contribution < -0.4 is 37.6 Å². The largest absolute Gasteiger partial charge is 0.497 e.